The molecule has 51 heavy (non-hydrogen) atoms. The summed E-state index contributed by atoms with van der Waals surface area (Å²) in [5, 5.41) is 7.03. The maximum atomic E-state index is 6.66. The molecule has 0 fully saturated rings. The van der Waals surface area contributed by atoms with Gasteiger partial charge >= 0.3 is 0 Å². The standard InChI is InChI=1S/C45H26N4OS/c1-2-11-27(12-3-1)43-46-44(28-21-23-33-32-15-6-9-20-40(32)51-41(33)25-28)48-45(47-43)35-17-10-16-34-36-26-29(22-24-39(36)50-42(34)35)49-37-18-7-4-13-30(37)31-14-5-8-19-38(31)49/h1-26H. The number of nitrogens with zero attached hydrogens (tertiary/aromatic N) is 4. The van der Waals surface area contributed by atoms with Crippen LogP contribution in [0.25, 0.3) is 104 Å². The van der Waals surface area contributed by atoms with Crippen LogP contribution in [0.15, 0.2) is 162 Å². The number of thiophene rings is 1. The van der Waals surface area contributed by atoms with Gasteiger partial charge in [-0.1, -0.05) is 109 Å². The van der Waals surface area contributed by atoms with Crippen LogP contribution in [0.2, 0.25) is 0 Å². The molecule has 6 heteroatoms. The average Bonchev–Trinajstić information content (AvgIpc) is 3.87. The van der Waals surface area contributed by atoms with E-state index in [2.05, 4.69) is 126 Å². The number of furan rings is 1. The van der Waals surface area contributed by atoms with E-state index in [1.165, 1.54) is 42.0 Å². The zero-order valence-electron chi connectivity index (χ0n) is 27.1. The van der Waals surface area contributed by atoms with E-state index in [9.17, 15) is 0 Å². The van der Waals surface area contributed by atoms with E-state index in [4.69, 9.17) is 19.4 Å². The van der Waals surface area contributed by atoms with Crippen LogP contribution >= 0.6 is 11.3 Å². The first-order valence-electron chi connectivity index (χ1n) is 16.9. The predicted octanol–water partition coefficient (Wildman–Crippen LogP) is 12.2. The summed E-state index contributed by atoms with van der Waals surface area (Å²) >= 11 is 1.79. The van der Waals surface area contributed by atoms with Gasteiger partial charge in [0.25, 0.3) is 0 Å². The van der Waals surface area contributed by atoms with E-state index in [1.807, 2.05) is 36.4 Å². The number of para-hydroxylation sites is 3. The summed E-state index contributed by atoms with van der Waals surface area (Å²) in [4.78, 5) is 15.2. The van der Waals surface area contributed by atoms with Gasteiger partial charge in [0, 0.05) is 58.5 Å². The Morgan fingerprint density at radius 3 is 1.88 bits per heavy atom. The van der Waals surface area contributed by atoms with E-state index in [-0.39, 0.29) is 0 Å². The van der Waals surface area contributed by atoms with Crippen LogP contribution in [0.3, 0.4) is 0 Å². The third-order valence-corrected chi connectivity index (χ3v) is 11.0. The highest BCUT2D eigenvalue weighted by molar-refractivity contribution is 7.25. The second kappa shape index (κ2) is 10.9. The molecule has 0 spiro atoms. The minimum atomic E-state index is 0.572. The van der Waals surface area contributed by atoms with Crippen LogP contribution in [0.4, 0.5) is 0 Å². The molecular weight excluding hydrogens is 645 g/mol. The molecule has 7 aromatic carbocycles. The monoisotopic (exact) mass is 670 g/mol. The summed E-state index contributed by atoms with van der Waals surface area (Å²) in [5.41, 5.74) is 7.69. The molecule has 4 aromatic heterocycles. The highest BCUT2D eigenvalue weighted by atomic mass is 32.1. The third-order valence-electron chi connectivity index (χ3n) is 9.86. The number of hydrogen-bond donors (Lipinski definition) is 0. The molecule has 0 atom stereocenters. The second-order valence-electron chi connectivity index (χ2n) is 12.8. The topological polar surface area (TPSA) is 56.7 Å². The fourth-order valence-corrected chi connectivity index (χ4v) is 8.65. The largest absolute Gasteiger partial charge is 0.455 e. The van der Waals surface area contributed by atoms with Crippen molar-refractivity contribution in [2.75, 3.05) is 0 Å². The Balaban J connectivity index is 1.11. The Labute approximate surface area is 295 Å². The SMILES string of the molecule is c1ccc(-c2nc(-c3ccc4c(c3)sc3ccccc34)nc(-c3cccc4c3oc3ccc(-n5c6ccccc6c6ccccc65)cc34)n2)cc1. The average molecular weight is 671 g/mol. The number of benzene rings is 7. The number of aromatic nitrogens is 4. The highest BCUT2D eigenvalue weighted by Gasteiger charge is 2.19. The van der Waals surface area contributed by atoms with Crippen LogP contribution in [-0.2, 0) is 0 Å². The van der Waals surface area contributed by atoms with Crippen molar-refractivity contribution >= 4 is 75.3 Å². The van der Waals surface area contributed by atoms with Crippen LogP contribution in [0, 0.1) is 0 Å². The molecule has 0 bridgehead atoms. The first kappa shape index (κ1) is 28.2. The Bertz CT molecular complexity index is 3100. The molecule has 0 aliphatic rings. The van der Waals surface area contributed by atoms with Gasteiger partial charge in [0.15, 0.2) is 17.5 Å². The van der Waals surface area contributed by atoms with Gasteiger partial charge in [0.05, 0.1) is 16.6 Å². The highest BCUT2D eigenvalue weighted by Crippen LogP contribution is 2.40. The summed E-state index contributed by atoms with van der Waals surface area (Å²) in [5.74, 6) is 1.82. The van der Waals surface area contributed by atoms with Crippen molar-refractivity contribution in [3.63, 3.8) is 0 Å². The van der Waals surface area contributed by atoms with E-state index in [1.54, 1.807) is 11.3 Å². The Morgan fingerprint density at radius 1 is 0.431 bits per heavy atom. The quantitative estimate of drug-likeness (QED) is 0.187. The summed E-state index contributed by atoms with van der Waals surface area (Å²) in [6.07, 6.45) is 0. The maximum Gasteiger partial charge on any atom is 0.167 e. The number of fused-ring (bicyclic) bond motifs is 9. The molecule has 11 rings (SSSR count). The van der Waals surface area contributed by atoms with Crippen LogP contribution in [0.5, 0.6) is 0 Å². The van der Waals surface area contributed by atoms with Crippen LogP contribution < -0.4 is 0 Å². The maximum absolute atomic E-state index is 6.66. The minimum Gasteiger partial charge on any atom is -0.455 e. The lowest BCUT2D eigenvalue weighted by Crippen LogP contribution is -2.00. The van der Waals surface area contributed by atoms with Crippen molar-refractivity contribution in [1.29, 1.82) is 0 Å². The first-order chi connectivity index (χ1) is 25.3. The smallest absolute Gasteiger partial charge is 0.167 e. The molecule has 0 N–H and O–H groups in total. The van der Waals surface area contributed by atoms with Gasteiger partial charge < -0.3 is 8.98 Å². The van der Waals surface area contributed by atoms with Crippen LogP contribution in [0.1, 0.15) is 0 Å². The van der Waals surface area contributed by atoms with Gasteiger partial charge in [-0.15, -0.1) is 11.3 Å². The second-order valence-corrected chi connectivity index (χ2v) is 13.9. The van der Waals surface area contributed by atoms with E-state index >= 15 is 0 Å². The summed E-state index contributed by atoms with van der Waals surface area (Å²) in [6.45, 7) is 0. The van der Waals surface area contributed by atoms with E-state index in [0.717, 1.165) is 44.3 Å². The summed E-state index contributed by atoms with van der Waals surface area (Å²) in [7, 11) is 0. The molecule has 0 saturated carbocycles. The van der Waals surface area contributed by atoms with Crippen molar-refractivity contribution in [3.05, 3.63) is 158 Å². The van der Waals surface area contributed by atoms with Crippen molar-refractivity contribution in [1.82, 2.24) is 19.5 Å². The Morgan fingerprint density at radius 2 is 1.08 bits per heavy atom. The third kappa shape index (κ3) is 4.37. The molecule has 4 heterocycles. The first-order valence-corrected chi connectivity index (χ1v) is 17.8. The van der Waals surface area contributed by atoms with Crippen molar-refractivity contribution in [2.24, 2.45) is 0 Å². The molecule has 5 nitrogen and oxygen atoms in total. The molecule has 0 amide bonds. The lowest BCUT2D eigenvalue weighted by molar-refractivity contribution is 0.669. The molecular formula is C45H26N4OS. The molecule has 238 valence electrons. The van der Waals surface area contributed by atoms with Gasteiger partial charge in [-0.25, -0.2) is 15.0 Å². The van der Waals surface area contributed by atoms with Gasteiger partial charge in [0.1, 0.15) is 11.2 Å². The summed E-state index contributed by atoms with van der Waals surface area (Å²) in [6, 6.07) is 55.0. The fourth-order valence-electron chi connectivity index (χ4n) is 7.51. The molecule has 0 radical (unpaired) electrons. The Hall–Kier alpha value is -6.63. The van der Waals surface area contributed by atoms with Gasteiger partial charge in [-0.2, -0.15) is 0 Å². The van der Waals surface area contributed by atoms with Gasteiger partial charge in [-0.05, 0) is 48.5 Å². The molecule has 0 aliphatic carbocycles. The van der Waals surface area contributed by atoms with Crippen molar-refractivity contribution in [2.45, 2.75) is 0 Å². The normalized spacial score (nSPS) is 11.9. The predicted molar refractivity (Wildman–Crippen MR) is 211 cm³/mol. The Kier molecular flexibility index (Phi) is 6.05. The van der Waals surface area contributed by atoms with Gasteiger partial charge in [-0.3, -0.25) is 0 Å². The lowest BCUT2D eigenvalue weighted by atomic mass is 10.1. The van der Waals surface area contributed by atoms with Crippen molar-refractivity contribution in [3.8, 4) is 39.9 Å². The molecule has 11 aromatic rings. The number of hydrogen-bond acceptors (Lipinski definition) is 5. The number of rotatable bonds is 4. The zero-order chi connectivity index (χ0) is 33.5. The molecule has 0 aliphatic heterocycles. The van der Waals surface area contributed by atoms with Gasteiger partial charge in [0.2, 0.25) is 0 Å². The van der Waals surface area contributed by atoms with Crippen LogP contribution in [-0.4, -0.2) is 19.5 Å². The van der Waals surface area contributed by atoms with E-state index in [0.29, 0.717) is 17.5 Å². The summed E-state index contributed by atoms with van der Waals surface area (Å²) < 4.78 is 11.5. The molecule has 0 unspecified atom stereocenters. The van der Waals surface area contributed by atoms with Crippen molar-refractivity contribution < 1.29 is 4.42 Å². The lowest BCUT2D eigenvalue weighted by Gasteiger charge is -2.09. The minimum absolute atomic E-state index is 0.572. The molecule has 0 saturated heterocycles. The van der Waals surface area contributed by atoms with E-state index < -0.39 is 0 Å². The fraction of sp³-hybridized carbons (Fsp3) is 0. The zero-order valence-corrected chi connectivity index (χ0v) is 27.9.